The van der Waals surface area contributed by atoms with Gasteiger partial charge in [-0.15, -0.1) is 0 Å². The van der Waals surface area contributed by atoms with E-state index in [0.29, 0.717) is 6.54 Å². The van der Waals surface area contributed by atoms with Crippen LogP contribution in [0.2, 0.25) is 0 Å². The number of hydrogen-bond acceptors (Lipinski definition) is 2. The summed E-state index contributed by atoms with van der Waals surface area (Å²) < 4.78 is 1.18. The molecule has 0 amide bonds. The van der Waals surface area contributed by atoms with E-state index in [0.717, 1.165) is 5.92 Å². The van der Waals surface area contributed by atoms with E-state index in [4.69, 9.17) is 5.73 Å². The number of halogens is 1. The van der Waals surface area contributed by atoms with Crippen molar-refractivity contribution in [3.63, 3.8) is 0 Å². The zero-order valence-electron chi connectivity index (χ0n) is 11.9. The second-order valence-corrected chi connectivity index (χ2v) is 6.42. The molecule has 1 fully saturated rings. The van der Waals surface area contributed by atoms with Crippen molar-refractivity contribution in [2.45, 2.75) is 45.6 Å². The van der Waals surface area contributed by atoms with Crippen LogP contribution in [0.5, 0.6) is 0 Å². The van der Waals surface area contributed by atoms with Crippen molar-refractivity contribution >= 4 is 21.6 Å². The molecular weight excluding hydrogens is 300 g/mol. The molecule has 106 valence electrons. The van der Waals surface area contributed by atoms with Crippen LogP contribution < -0.4 is 10.6 Å². The number of nitrogens with zero attached hydrogens (tertiary/aromatic N) is 1. The molecule has 0 aliphatic carbocycles. The minimum Gasteiger partial charge on any atom is -0.371 e. The zero-order valence-corrected chi connectivity index (χ0v) is 13.5. The Kier molecular flexibility index (Phi) is 5.71. The zero-order chi connectivity index (χ0) is 13.7. The fourth-order valence-electron chi connectivity index (χ4n) is 3.04. The molecule has 2 rings (SSSR count). The molecule has 0 bridgehead atoms. The summed E-state index contributed by atoms with van der Waals surface area (Å²) in [5.74, 6) is 0.928. The van der Waals surface area contributed by atoms with Crippen LogP contribution in [-0.2, 0) is 6.54 Å². The van der Waals surface area contributed by atoms with Crippen LogP contribution in [0, 0.1) is 5.92 Å². The van der Waals surface area contributed by atoms with Crippen molar-refractivity contribution < 1.29 is 0 Å². The van der Waals surface area contributed by atoms with Gasteiger partial charge in [0.05, 0.1) is 5.69 Å². The van der Waals surface area contributed by atoms with Gasteiger partial charge in [0.25, 0.3) is 0 Å². The summed E-state index contributed by atoms with van der Waals surface area (Å²) in [5.41, 5.74) is 8.21. The third-order valence-corrected chi connectivity index (χ3v) is 4.77. The van der Waals surface area contributed by atoms with Crippen molar-refractivity contribution in [1.82, 2.24) is 0 Å². The second kappa shape index (κ2) is 7.30. The fourth-order valence-corrected chi connectivity index (χ4v) is 3.71. The molecule has 1 aliphatic heterocycles. The summed E-state index contributed by atoms with van der Waals surface area (Å²) in [4.78, 5) is 2.53. The summed E-state index contributed by atoms with van der Waals surface area (Å²) in [6.45, 7) is 5.27. The van der Waals surface area contributed by atoms with E-state index in [1.807, 2.05) is 0 Å². The van der Waals surface area contributed by atoms with Crippen LogP contribution in [-0.4, -0.2) is 13.1 Å². The van der Waals surface area contributed by atoms with Crippen LogP contribution in [0.15, 0.2) is 22.7 Å². The molecule has 3 heteroatoms. The average molecular weight is 325 g/mol. The molecule has 1 aliphatic rings. The van der Waals surface area contributed by atoms with E-state index >= 15 is 0 Å². The van der Waals surface area contributed by atoms with E-state index < -0.39 is 0 Å². The predicted octanol–water partition coefficient (Wildman–Crippen LogP) is 4.31. The maximum Gasteiger partial charge on any atom is 0.0510 e. The van der Waals surface area contributed by atoms with E-state index in [-0.39, 0.29) is 0 Å². The molecule has 2 N–H and O–H groups in total. The number of benzene rings is 1. The molecule has 1 saturated heterocycles. The van der Waals surface area contributed by atoms with Gasteiger partial charge in [-0.2, -0.15) is 0 Å². The lowest BCUT2D eigenvalue weighted by Gasteiger charge is -2.24. The maximum absolute atomic E-state index is 5.69. The number of hydrogen-bond donors (Lipinski definition) is 1. The normalized spacial score (nSPS) is 20.4. The smallest absolute Gasteiger partial charge is 0.0510 e. The van der Waals surface area contributed by atoms with Gasteiger partial charge in [-0.1, -0.05) is 25.8 Å². The topological polar surface area (TPSA) is 29.3 Å². The molecule has 0 spiro atoms. The first-order valence-corrected chi connectivity index (χ1v) is 8.27. The van der Waals surface area contributed by atoms with Crippen LogP contribution in [0.25, 0.3) is 0 Å². The predicted molar refractivity (Wildman–Crippen MR) is 86.5 cm³/mol. The van der Waals surface area contributed by atoms with Gasteiger partial charge in [-0.3, -0.25) is 0 Å². The summed E-state index contributed by atoms with van der Waals surface area (Å²) >= 11 is 3.70. The lowest BCUT2D eigenvalue weighted by Crippen LogP contribution is -2.24. The molecule has 19 heavy (non-hydrogen) atoms. The first kappa shape index (κ1) is 14.9. The minimum absolute atomic E-state index is 0.609. The molecule has 1 heterocycles. The molecular formula is C16H25BrN2. The molecule has 0 aromatic heterocycles. The van der Waals surface area contributed by atoms with Gasteiger partial charge in [0.2, 0.25) is 0 Å². The van der Waals surface area contributed by atoms with Gasteiger partial charge in [-0.05, 0) is 58.8 Å². The van der Waals surface area contributed by atoms with Crippen LogP contribution >= 0.6 is 15.9 Å². The van der Waals surface area contributed by atoms with Crippen molar-refractivity contribution in [1.29, 1.82) is 0 Å². The SMILES string of the molecule is CCCC1CCCN(c2ccc(CN)cc2Br)CC1. The highest BCUT2D eigenvalue weighted by molar-refractivity contribution is 9.10. The quantitative estimate of drug-likeness (QED) is 0.893. The van der Waals surface area contributed by atoms with Gasteiger partial charge in [0.15, 0.2) is 0 Å². The lowest BCUT2D eigenvalue weighted by atomic mass is 9.96. The third-order valence-electron chi connectivity index (χ3n) is 4.13. The fraction of sp³-hybridized carbons (Fsp3) is 0.625. The highest BCUT2D eigenvalue weighted by atomic mass is 79.9. The van der Waals surface area contributed by atoms with Gasteiger partial charge in [-0.25, -0.2) is 0 Å². The van der Waals surface area contributed by atoms with E-state index in [1.54, 1.807) is 0 Å². The van der Waals surface area contributed by atoms with Crippen LogP contribution in [0.1, 0.15) is 44.6 Å². The van der Waals surface area contributed by atoms with Crippen LogP contribution in [0.4, 0.5) is 5.69 Å². The summed E-state index contributed by atoms with van der Waals surface area (Å²) in [7, 11) is 0. The standard InChI is InChI=1S/C16H25BrN2/c1-2-4-13-5-3-9-19(10-8-13)16-7-6-14(12-18)11-15(16)17/h6-7,11,13H,2-5,8-10,12,18H2,1H3. The molecule has 0 saturated carbocycles. The van der Waals surface area contributed by atoms with Crippen molar-refractivity contribution in [3.8, 4) is 0 Å². The van der Waals surface area contributed by atoms with Gasteiger partial charge >= 0.3 is 0 Å². The lowest BCUT2D eigenvalue weighted by molar-refractivity contribution is 0.435. The van der Waals surface area contributed by atoms with Gasteiger partial charge < -0.3 is 10.6 Å². The Morgan fingerprint density at radius 3 is 2.84 bits per heavy atom. The summed E-state index contributed by atoms with van der Waals surface area (Å²) in [5, 5.41) is 0. The molecule has 1 aromatic carbocycles. The molecule has 2 nitrogen and oxygen atoms in total. The van der Waals surface area contributed by atoms with E-state index in [1.165, 1.54) is 60.9 Å². The third kappa shape index (κ3) is 3.96. The van der Waals surface area contributed by atoms with Crippen molar-refractivity contribution in [3.05, 3.63) is 28.2 Å². The first-order valence-electron chi connectivity index (χ1n) is 7.48. The van der Waals surface area contributed by atoms with E-state index in [2.05, 4.69) is 46.0 Å². The second-order valence-electron chi connectivity index (χ2n) is 5.56. The molecule has 1 atom stereocenters. The van der Waals surface area contributed by atoms with E-state index in [9.17, 15) is 0 Å². The Bertz CT molecular complexity index is 406. The van der Waals surface area contributed by atoms with Crippen molar-refractivity contribution in [2.75, 3.05) is 18.0 Å². The minimum atomic E-state index is 0.609. The maximum atomic E-state index is 5.69. The van der Waals surface area contributed by atoms with Crippen molar-refractivity contribution in [2.24, 2.45) is 11.7 Å². The average Bonchev–Trinajstić information content (AvgIpc) is 2.65. The van der Waals surface area contributed by atoms with Gasteiger partial charge in [0, 0.05) is 24.1 Å². The highest BCUT2D eigenvalue weighted by Crippen LogP contribution is 2.31. The Morgan fingerprint density at radius 1 is 1.32 bits per heavy atom. The monoisotopic (exact) mass is 324 g/mol. The first-order chi connectivity index (χ1) is 9.24. The summed E-state index contributed by atoms with van der Waals surface area (Å²) in [6.07, 6.45) is 6.75. The number of rotatable bonds is 4. The Labute approximate surface area is 125 Å². The molecule has 1 aromatic rings. The molecule has 1 unspecified atom stereocenters. The Balaban J connectivity index is 2.05. The highest BCUT2D eigenvalue weighted by Gasteiger charge is 2.18. The Hall–Kier alpha value is -0.540. The number of nitrogens with two attached hydrogens (primary N) is 1. The molecule has 0 radical (unpaired) electrons. The van der Waals surface area contributed by atoms with Gasteiger partial charge in [0.1, 0.15) is 0 Å². The Morgan fingerprint density at radius 2 is 2.16 bits per heavy atom. The summed E-state index contributed by atoms with van der Waals surface area (Å²) in [6, 6.07) is 6.52. The number of anilines is 1. The van der Waals surface area contributed by atoms with Crippen LogP contribution in [0.3, 0.4) is 0 Å². The largest absolute Gasteiger partial charge is 0.371 e.